The van der Waals surface area contributed by atoms with E-state index < -0.39 is 34.0 Å². The Morgan fingerprint density at radius 2 is 2.00 bits per heavy atom. The van der Waals surface area contributed by atoms with Crippen molar-refractivity contribution in [2.75, 3.05) is 6.61 Å². The van der Waals surface area contributed by atoms with Crippen molar-refractivity contribution in [2.45, 2.75) is 6.92 Å². The molecule has 0 aromatic heterocycles. The molecule has 86 valence electrons. The lowest BCUT2D eigenvalue weighted by Crippen LogP contribution is -2.19. The van der Waals surface area contributed by atoms with Crippen molar-refractivity contribution >= 4 is 23.4 Å². The van der Waals surface area contributed by atoms with Crippen molar-refractivity contribution in [3.63, 3.8) is 0 Å². The van der Waals surface area contributed by atoms with Crippen molar-refractivity contribution in [3.8, 4) is 0 Å². The Bertz CT molecular complexity index is 446. The molecule has 0 atom stereocenters. The molecule has 0 radical (unpaired) electrons. The SMILES string of the molecule is CCOC(=O)C(=O)c1ccc(F)c(Cl)c1F. The van der Waals surface area contributed by atoms with E-state index in [1.165, 1.54) is 6.92 Å². The van der Waals surface area contributed by atoms with Gasteiger partial charge in [0.15, 0.2) is 5.82 Å². The molecule has 0 saturated heterocycles. The summed E-state index contributed by atoms with van der Waals surface area (Å²) in [6.45, 7) is 1.49. The molecule has 1 rings (SSSR count). The minimum absolute atomic E-state index is 0.0128. The van der Waals surface area contributed by atoms with Gasteiger partial charge in [0, 0.05) is 0 Å². The van der Waals surface area contributed by atoms with Gasteiger partial charge in [0.2, 0.25) is 0 Å². The van der Waals surface area contributed by atoms with Gasteiger partial charge >= 0.3 is 5.97 Å². The summed E-state index contributed by atoms with van der Waals surface area (Å²) in [5.41, 5.74) is -0.607. The summed E-state index contributed by atoms with van der Waals surface area (Å²) in [6, 6.07) is 1.65. The van der Waals surface area contributed by atoms with Crippen LogP contribution in [0.1, 0.15) is 17.3 Å². The number of benzene rings is 1. The average molecular weight is 249 g/mol. The number of halogens is 3. The van der Waals surface area contributed by atoms with Gasteiger partial charge in [-0.3, -0.25) is 4.79 Å². The van der Waals surface area contributed by atoms with Crippen molar-refractivity contribution < 1.29 is 23.1 Å². The lowest BCUT2D eigenvalue weighted by Gasteiger charge is -2.04. The summed E-state index contributed by atoms with van der Waals surface area (Å²) < 4.78 is 30.5. The fraction of sp³-hybridized carbons (Fsp3) is 0.200. The van der Waals surface area contributed by atoms with Gasteiger partial charge in [0.05, 0.1) is 12.2 Å². The lowest BCUT2D eigenvalue weighted by molar-refractivity contribution is -0.137. The maximum absolute atomic E-state index is 13.3. The van der Waals surface area contributed by atoms with Crippen LogP contribution in [0.15, 0.2) is 12.1 Å². The molecule has 0 bridgehead atoms. The molecular formula is C10H7ClF2O3. The Morgan fingerprint density at radius 1 is 1.38 bits per heavy atom. The van der Waals surface area contributed by atoms with Gasteiger partial charge in [-0.2, -0.15) is 0 Å². The first-order valence-corrected chi connectivity index (χ1v) is 4.71. The van der Waals surface area contributed by atoms with Crippen LogP contribution in [-0.4, -0.2) is 18.4 Å². The number of ether oxygens (including phenoxy) is 1. The highest BCUT2D eigenvalue weighted by atomic mass is 35.5. The minimum atomic E-state index is -1.26. The number of carbonyl (C=O) groups excluding carboxylic acids is 2. The van der Waals surface area contributed by atoms with E-state index in [2.05, 4.69) is 4.74 Å². The number of esters is 1. The maximum Gasteiger partial charge on any atom is 0.379 e. The molecule has 0 heterocycles. The topological polar surface area (TPSA) is 43.4 Å². The standard InChI is InChI=1S/C10H7ClF2O3/c1-2-16-10(15)9(14)5-3-4-6(12)7(11)8(5)13/h3-4H,2H2,1H3. The minimum Gasteiger partial charge on any atom is -0.460 e. The van der Waals surface area contributed by atoms with Crippen molar-refractivity contribution in [3.05, 3.63) is 34.4 Å². The van der Waals surface area contributed by atoms with Crippen LogP contribution in [0, 0.1) is 11.6 Å². The third-order valence-electron chi connectivity index (χ3n) is 1.74. The van der Waals surface area contributed by atoms with E-state index in [1.807, 2.05) is 0 Å². The number of Topliss-reactive ketones (excluding diaryl/α,β-unsaturated/α-hetero) is 1. The molecule has 0 aliphatic rings. The van der Waals surface area contributed by atoms with Gasteiger partial charge in [-0.25, -0.2) is 13.6 Å². The van der Waals surface area contributed by atoms with Crippen LogP contribution in [0.5, 0.6) is 0 Å². The molecule has 0 aliphatic carbocycles. The predicted molar refractivity (Wildman–Crippen MR) is 52.3 cm³/mol. The molecule has 6 heteroatoms. The van der Waals surface area contributed by atoms with Crippen LogP contribution >= 0.6 is 11.6 Å². The van der Waals surface area contributed by atoms with Crippen molar-refractivity contribution in [1.82, 2.24) is 0 Å². The zero-order chi connectivity index (χ0) is 12.3. The number of hydrogen-bond acceptors (Lipinski definition) is 3. The van der Waals surface area contributed by atoms with Gasteiger partial charge in [0.25, 0.3) is 5.78 Å². The van der Waals surface area contributed by atoms with E-state index in [0.717, 1.165) is 12.1 Å². The summed E-state index contributed by atoms with van der Waals surface area (Å²) in [4.78, 5) is 22.3. The fourth-order valence-electron chi connectivity index (χ4n) is 1.01. The van der Waals surface area contributed by atoms with Crippen LogP contribution < -0.4 is 0 Å². The number of ketones is 1. The monoisotopic (exact) mass is 248 g/mol. The predicted octanol–water partition coefficient (Wildman–Crippen LogP) is 2.36. The summed E-state index contributed by atoms with van der Waals surface area (Å²) >= 11 is 5.25. The first kappa shape index (κ1) is 12.6. The number of hydrogen-bond donors (Lipinski definition) is 0. The van der Waals surface area contributed by atoms with E-state index in [-0.39, 0.29) is 6.61 Å². The molecule has 3 nitrogen and oxygen atoms in total. The van der Waals surface area contributed by atoms with Crippen LogP contribution in [0.4, 0.5) is 8.78 Å². The van der Waals surface area contributed by atoms with Crippen molar-refractivity contribution in [1.29, 1.82) is 0 Å². The highest BCUT2D eigenvalue weighted by molar-refractivity contribution is 6.41. The Balaban J connectivity index is 3.10. The molecule has 0 unspecified atom stereocenters. The van der Waals surface area contributed by atoms with E-state index >= 15 is 0 Å². The van der Waals surface area contributed by atoms with Gasteiger partial charge in [-0.05, 0) is 19.1 Å². The lowest BCUT2D eigenvalue weighted by atomic mass is 10.1. The Kier molecular flexibility index (Phi) is 3.95. The summed E-state index contributed by atoms with van der Waals surface area (Å²) in [7, 11) is 0. The Hall–Kier alpha value is -1.49. The maximum atomic E-state index is 13.3. The zero-order valence-corrected chi connectivity index (χ0v) is 8.98. The zero-order valence-electron chi connectivity index (χ0n) is 8.22. The third kappa shape index (κ3) is 2.36. The molecule has 1 aromatic carbocycles. The van der Waals surface area contributed by atoms with E-state index in [9.17, 15) is 18.4 Å². The highest BCUT2D eigenvalue weighted by Gasteiger charge is 2.23. The first-order valence-electron chi connectivity index (χ1n) is 4.34. The van der Waals surface area contributed by atoms with Crippen LogP contribution in [0.2, 0.25) is 5.02 Å². The fourth-order valence-corrected chi connectivity index (χ4v) is 1.17. The van der Waals surface area contributed by atoms with E-state index in [1.54, 1.807) is 0 Å². The van der Waals surface area contributed by atoms with E-state index in [0.29, 0.717) is 0 Å². The van der Waals surface area contributed by atoms with Gasteiger partial charge in [0.1, 0.15) is 10.8 Å². The Morgan fingerprint density at radius 3 is 2.56 bits per heavy atom. The first-order chi connectivity index (χ1) is 7.49. The van der Waals surface area contributed by atoms with Gasteiger partial charge < -0.3 is 4.74 Å². The summed E-state index contributed by atoms with van der Waals surface area (Å²) in [6.07, 6.45) is 0. The normalized spacial score (nSPS) is 10.0. The molecule has 0 spiro atoms. The second-order valence-corrected chi connectivity index (χ2v) is 3.15. The molecule has 16 heavy (non-hydrogen) atoms. The molecule has 0 N–H and O–H groups in total. The molecule has 0 aliphatic heterocycles. The van der Waals surface area contributed by atoms with Crippen LogP contribution in [-0.2, 0) is 9.53 Å². The van der Waals surface area contributed by atoms with Crippen molar-refractivity contribution in [2.24, 2.45) is 0 Å². The smallest absolute Gasteiger partial charge is 0.379 e. The van der Waals surface area contributed by atoms with E-state index in [4.69, 9.17) is 11.6 Å². The molecule has 1 aromatic rings. The second-order valence-electron chi connectivity index (χ2n) is 2.77. The second kappa shape index (κ2) is 5.03. The molecule has 0 fully saturated rings. The summed E-state index contributed by atoms with van der Waals surface area (Å²) in [5, 5.41) is -0.824. The number of carbonyl (C=O) groups is 2. The third-order valence-corrected chi connectivity index (χ3v) is 2.09. The average Bonchev–Trinajstić information content (AvgIpc) is 2.26. The van der Waals surface area contributed by atoms with Crippen LogP contribution in [0.3, 0.4) is 0 Å². The van der Waals surface area contributed by atoms with Gasteiger partial charge in [-0.15, -0.1) is 0 Å². The molecule has 0 saturated carbocycles. The summed E-state index contributed by atoms with van der Waals surface area (Å²) in [5.74, 6) is -4.66. The molecule has 0 amide bonds. The highest BCUT2D eigenvalue weighted by Crippen LogP contribution is 2.22. The van der Waals surface area contributed by atoms with Gasteiger partial charge in [-0.1, -0.05) is 11.6 Å². The number of rotatable bonds is 3. The molecular weight excluding hydrogens is 242 g/mol. The Labute approximate surface area is 95.0 Å². The quantitative estimate of drug-likeness (QED) is 0.357. The van der Waals surface area contributed by atoms with Crippen LogP contribution in [0.25, 0.3) is 0 Å². The largest absolute Gasteiger partial charge is 0.460 e.